The van der Waals surface area contributed by atoms with Crippen LogP contribution in [0.3, 0.4) is 0 Å². The fourth-order valence-corrected chi connectivity index (χ4v) is 0. The maximum absolute atomic E-state index is 0. The second kappa shape index (κ2) is 3550. The second-order valence-electron chi connectivity index (χ2n) is 0. The summed E-state index contributed by atoms with van der Waals surface area (Å²) in [5, 5.41) is 0. The van der Waals surface area contributed by atoms with Crippen LogP contribution in [-0.2, 0) is 379 Å². The fraction of sp³-hybridized carbons (Fsp3) is 0. The van der Waals surface area contributed by atoms with Crippen molar-refractivity contribution in [1.82, 2.24) is 0 Å². The Morgan fingerprint density at radius 2 is 0.0325 bits per heavy atom. The predicted molar refractivity (Wildman–Crippen MR) is 467 cm³/mol. The van der Waals surface area contributed by atoms with Crippen LogP contribution in [0.1, 0.15) is 0 Å². The number of hydrogen-bond acceptors (Lipinski definition) is 0. The van der Waals surface area contributed by atoms with Gasteiger partial charge < -0.3 is 433 Å². The Balaban J connectivity index is 0. The van der Waals surface area contributed by atoms with Gasteiger partial charge in [-0.1, -0.05) is 0 Å². The molecule has 0 saturated heterocycles. The molecular formula is H176Na20O79P6W18. The molecule has 0 saturated carbocycles. The van der Waals surface area contributed by atoms with Crippen molar-refractivity contribution in [2.45, 2.75) is 0 Å². The van der Waals surface area contributed by atoms with Gasteiger partial charge in [-0.05, 0) is 0 Å². The third-order valence-electron chi connectivity index (χ3n) is 0. The summed E-state index contributed by atoms with van der Waals surface area (Å²) in [7, 11) is 0. The molecule has 0 aliphatic heterocycles. The van der Waals surface area contributed by atoms with Crippen molar-refractivity contribution in [3.05, 3.63) is 0 Å². The zero-order valence-electron chi connectivity index (χ0n) is 71.1. The molecule has 20 radical (unpaired) electrons. The minimum atomic E-state index is 0. The summed E-state index contributed by atoms with van der Waals surface area (Å²) in [4.78, 5) is 0. The Morgan fingerprint density at radius 3 is 0.0325 bits per heavy atom. The van der Waals surface area contributed by atoms with Crippen molar-refractivity contribution in [3.8, 4) is 0 Å². The maximum Gasteiger partial charge on any atom is 0 e. The van der Waals surface area contributed by atoms with Crippen LogP contribution in [-0.4, -0.2) is 1020 Å². The molecule has 6 unspecified atom stereocenters. The van der Waals surface area contributed by atoms with Gasteiger partial charge in [0.25, 0.3) is 0 Å². The smallest absolute Gasteiger partial charge is 0 e. The molecule has 0 aromatic carbocycles. The molecular weight excluding hydrogens is 5220 g/mol. The van der Waals surface area contributed by atoms with Crippen molar-refractivity contribution in [2.24, 2.45) is 0 Å². The monoisotopic (exact) mass is 5400 g/mol. The zero-order valence-corrected chi connectivity index (χ0v) is 172. The molecule has 123 heteroatoms. The molecule has 158 N–H and O–H groups in total. The number of rotatable bonds is 0. The third kappa shape index (κ3) is 3500. The van der Waals surface area contributed by atoms with Crippen LogP contribution >= 0.6 is 59.4 Å². The van der Waals surface area contributed by atoms with Crippen molar-refractivity contribution in [1.29, 1.82) is 0 Å². The first kappa shape index (κ1) is 3620. The van der Waals surface area contributed by atoms with Gasteiger partial charge >= 0.3 is 0 Å². The molecule has 0 spiro atoms. The van der Waals surface area contributed by atoms with Crippen molar-refractivity contribution in [3.63, 3.8) is 0 Å². The SMILES string of the molecule is O.O.O.O.O.O.O.O.O.O.O.O.O.O.O.O.O.O.O.O.O.O.O.O.O.O.O.O.O.O.O.O.O.O.O.O.O.O.O.O.O.O.O.O.O.O.O.O.O.O.O.O.O.O.O.O.O.O.O.O.O.O.O.O.O.O.O.O.O.O.O.O.O.O.O.O.O.O.O.P.P.P.P.P.P.[Na].[Na].[Na].[Na].[Na].[Na].[Na].[Na].[Na].[Na].[Na].[Na].[Na].[Na].[Na].[Na].[Na].[Na].[Na].[Na].[W].[W].[W].[W].[W].[W].[W].[W].[W].[W].[W].[W].[W].[W].[W].[W].[W].[W]. The van der Waals surface area contributed by atoms with Crippen molar-refractivity contribution in [2.75, 3.05) is 0 Å². The van der Waals surface area contributed by atoms with Crippen LogP contribution in [0, 0.1) is 0 Å². The van der Waals surface area contributed by atoms with E-state index in [1.54, 1.807) is 0 Å². The summed E-state index contributed by atoms with van der Waals surface area (Å²) < 4.78 is 0. The molecule has 0 aliphatic rings. The zero-order chi connectivity index (χ0) is 0. The Bertz CT molecular complexity index is 179. The van der Waals surface area contributed by atoms with Gasteiger partial charge in [0.1, 0.15) is 0 Å². The van der Waals surface area contributed by atoms with E-state index in [1.807, 2.05) is 0 Å². The molecule has 0 heterocycles. The maximum atomic E-state index is 0. The molecule has 0 rings (SSSR count). The van der Waals surface area contributed by atoms with Crippen LogP contribution in [0.25, 0.3) is 0 Å². The van der Waals surface area contributed by atoms with E-state index in [1.165, 1.54) is 0 Å². The van der Waals surface area contributed by atoms with Gasteiger partial charge in [-0.2, -0.15) is 59.4 Å². The standard InChI is InChI=1S/20Na.79H2O.6H3P.18W/h;;;;;;;;;;;;;;;;;;;;79*1H2;6*1H3;;;;;;;;;;;;;;;;;;. The average molecular weight is 5400 g/mol. The van der Waals surface area contributed by atoms with E-state index in [0.717, 1.165) is 0 Å². The molecule has 0 aliphatic carbocycles. The normalized spacial score (nSPS) is 0. The molecule has 808 valence electrons. The molecule has 0 amide bonds. The summed E-state index contributed by atoms with van der Waals surface area (Å²) in [6.07, 6.45) is 0. The summed E-state index contributed by atoms with van der Waals surface area (Å²) in [5.41, 5.74) is 0. The van der Waals surface area contributed by atoms with E-state index in [-0.39, 0.29) is 1460 Å². The molecule has 0 fully saturated rings. The van der Waals surface area contributed by atoms with Gasteiger partial charge in [0.15, 0.2) is 0 Å². The second-order valence-corrected chi connectivity index (χ2v) is 0. The van der Waals surface area contributed by atoms with E-state index in [9.17, 15) is 0 Å². The largest absolute Gasteiger partial charge is 0.412 e. The summed E-state index contributed by atoms with van der Waals surface area (Å²) >= 11 is 0. The van der Waals surface area contributed by atoms with E-state index < -0.39 is 0 Å². The van der Waals surface area contributed by atoms with E-state index >= 15 is 0 Å². The first-order valence-corrected chi connectivity index (χ1v) is 0. The first-order valence-electron chi connectivity index (χ1n) is 0. The quantitative estimate of drug-likeness (QED) is 0.161. The van der Waals surface area contributed by atoms with Crippen LogP contribution < -0.4 is 0 Å². The van der Waals surface area contributed by atoms with Crippen LogP contribution in [0.15, 0.2) is 0 Å². The Morgan fingerprint density at radius 1 is 0.0325 bits per heavy atom. The van der Waals surface area contributed by atoms with Gasteiger partial charge in [-0.3, -0.25) is 0 Å². The van der Waals surface area contributed by atoms with Gasteiger partial charge in [0.2, 0.25) is 0 Å². The van der Waals surface area contributed by atoms with E-state index in [0.29, 0.717) is 0 Å². The Hall–Kier alpha value is 31.8. The molecule has 123 heavy (non-hydrogen) atoms. The summed E-state index contributed by atoms with van der Waals surface area (Å²) in [6, 6.07) is 0. The van der Waals surface area contributed by atoms with Gasteiger partial charge in [-0.25, -0.2) is 0 Å². The average Bonchev–Trinajstić information content (AvgIpc) is 0. The molecule has 0 aromatic rings. The summed E-state index contributed by atoms with van der Waals surface area (Å²) in [5.74, 6) is 0. The molecule has 0 aromatic heterocycles. The summed E-state index contributed by atoms with van der Waals surface area (Å²) in [6.45, 7) is 0. The van der Waals surface area contributed by atoms with Crippen LogP contribution in [0.2, 0.25) is 0 Å². The molecule has 6 atom stereocenters. The minimum absolute atomic E-state index is 0. The van der Waals surface area contributed by atoms with Gasteiger partial charge in [-0.15, -0.1) is 0 Å². The fourth-order valence-electron chi connectivity index (χ4n) is 0. The number of hydrogen-bond donors (Lipinski definition) is 0. The predicted octanol–water partition coefficient (Wildman–Crippen LogP) is -72.5. The first-order chi connectivity index (χ1) is 0. The minimum Gasteiger partial charge on any atom is -0.412 e. The van der Waals surface area contributed by atoms with Crippen LogP contribution in [0.5, 0.6) is 0 Å². The molecule has 79 nitrogen and oxygen atoms in total. The van der Waals surface area contributed by atoms with Crippen molar-refractivity contribution >= 4 is 651 Å². The van der Waals surface area contributed by atoms with Gasteiger partial charge in [0, 0.05) is 970 Å². The van der Waals surface area contributed by atoms with E-state index in [4.69, 9.17) is 0 Å². The third-order valence-corrected chi connectivity index (χ3v) is 0. The van der Waals surface area contributed by atoms with Gasteiger partial charge in [0.05, 0.1) is 0 Å². The Labute approximate surface area is 1430 Å². The van der Waals surface area contributed by atoms with Crippen molar-refractivity contribution < 1.29 is 812 Å². The molecule has 0 bridgehead atoms. The van der Waals surface area contributed by atoms with E-state index in [2.05, 4.69) is 0 Å². The topological polar surface area (TPSA) is 2490 Å². The Kier molecular flexibility index (Phi) is 104000. The van der Waals surface area contributed by atoms with Crippen LogP contribution in [0.4, 0.5) is 0 Å².